The monoisotopic (exact) mass is 529 g/mol. The number of methoxy groups -OCH3 is 1. The number of dihydropyridines is 1. The molecule has 0 amide bonds. The van der Waals surface area contributed by atoms with Crippen molar-refractivity contribution in [2.45, 2.75) is 33.3 Å². The van der Waals surface area contributed by atoms with Gasteiger partial charge in [-0.05, 0) is 44.0 Å². The second kappa shape index (κ2) is 10.4. The van der Waals surface area contributed by atoms with E-state index in [1.165, 1.54) is 7.11 Å². The lowest BCUT2D eigenvalue weighted by molar-refractivity contribution is -0.136. The van der Waals surface area contributed by atoms with E-state index in [1.807, 2.05) is 56.3 Å². The van der Waals surface area contributed by atoms with Gasteiger partial charge in [-0.1, -0.05) is 65.7 Å². The van der Waals surface area contributed by atoms with Crippen molar-refractivity contribution in [3.05, 3.63) is 110 Å². The minimum Gasteiger partial charge on any atom is -0.490 e. The number of ether oxygens (including phenoxy) is 3. The van der Waals surface area contributed by atoms with Crippen LogP contribution >= 0.6 is 11.6 Å². The summed E-state index contributed by atoms with van der Waals surface area (Å²) >= 11 is 6.80. The van der Waals surface area contributed by atoms with Gasteiger partial charge in [0.2, 0.25) is 0 Å². The Kier molecular flexibility index (Phi) is 7.00. The van der Waals surface area contributed by atoms with Crippen LogP contribution in [-0.4, -0.2) is 25.5 Å². The number of allylic oxidation sites excluding steroid dienone is 2. The molecule has 1 aliphatic carbocycles. The third-order valence-electron chi connectivity index (χ3n) is 6.78. The molecule has 0 fully saturated rings. The topological polar surface area (TPSA) is 73.9 Å². The lowest BCUT2D eigenvalue weighted by atomic mass is 9.79. The molecule has 0 radical (unpaired) electrons. The van der Waals surface area contributed by atoms with Crippen molar-refractivity contribution in [2.24, 2.45) is 0 Å². The first-order chi connectivity index (χ1) is 18.3. The fourth-order valence-corrected chi connectivity index (χ4v) is 5.43. The Balaban J connectivity index is 1.62. The zero-order chi connectivity index (χ0) is 27.0. The van der Waals surface area contributed by atoms with Gasteiger partial charge >= 0.3 is 5.97 Å². The van der Waals surface area contributed by atoms with Crippen molar-refractivity contribution in [2.75, 3.05) is 13.7 Å². The highest BCUT2D eigenvalue weighted by molar-refractivity contribution is 6.32. The van der Waals surface area contributed by atoms with Gasteiger partial charge in [0.05, 0.1) is 30.0 Å². The van der Waals surface area contributed by atoms with Crippen LogP contribution in [0.15, 0.2) is 77.5 Å². The van der Waals surface area contributed by atoms with E-state index >= 15 is 0 Å². The highest BCUT2D eigenvalue weighted by Gasteiger charge is 2.43. The molecule has 1 heterocycles. The molecule has 1 atom stereocenters. The Labute approximate surface area is 226 Å². The second-order valence-electron chi connectivity index (χ2n) is 9.29. The number of fused-ring (bicyclic) bond motifs is 2. The number of benzene rings is 3. The summed E-state index contributed by atoms with van der Waals surface area (Å²) in [5, 5.41) is 3.61. The Hall–Kier alpha value is -4.03. The first-order valence-corrected chi connectivity index (χ1v) is 12.8. The summed E-state index contributed by atoms with van der Waals surface area (Å²) in [6.45, 7) is 6.39. The fraction of sp³-hybridized carbons (Fsp3) is 0.226. The molecule has 0 saturated heterocycles. The van der Waals surface area contributed by atoms with Gasteiger partial charge in [0.25, 0.3) is 0 Å². The van der Waals surface area contributed by atoms with Crippen molar-refractivity contribution < 1.29 is 23.8 Å². The zero-order valence-corrected chi connectivity index (χ0v) is 22.4. The summed E-state index contributed by atoms with van der Waals surface area (Å²) < 4.78 is 17.2. The number of hydrogen-bond acceptors (Lipinski definition) is 6. The number of carbonyl (C=O) groups excluding carboxylic acids is 2. The van der Waals surface area contributed by atoms with E-state index in [4.69, 9.17) is 25.8 Å². The predicted molar refractivity (Wildman–Crippen MR) is 146 cm³/mol. The maximum atomic E-state index is 13.7. The van der Waals surface area contributed by atoms with Gasteiger partial charge in [0, 0.05) is 28.3 Å². The van der Waals surface area contributed by atoms with Crippen LogP contribution < -0.4 is 14.8 Å². The van der Waals surface area contributed by atoms with Crippen LogP contribution in [0.1, 0.15) is 52.4 Å². The second-order valence-corrected chi connectivity index (χ2v) is 9.70. The number of hydrogen-bond donors (Lipinski definition) is 1. The first kappa shape index (κ1) is 25.6. The SMILES string of the molecule is CCOc1cc([C@H]2C(C(=O)OC)=C(C)NC3=C2C(=O)c2ccccc23)cc(Cl)c1OCc1cccc(C)c1. The summed E-state index contributed by atoms with van der Waals surface area (Å²) in [5.74, 6) is -0.530. The number of halogens is 1. The van der Waals surface area contributed by atoms with Crippen molar-refractivity contribution in [3.8, 4) is 11.5 Å². The number of nitrogens with one attached hydrogen (secondary N) is 1. The molecule has 1 N–H and O–H groups in total. The van der Waals surface area contributed by atoms with Crippen LogP contribution in [0.4, 0.5) is 0 Å². The Morgan fingerprint density at radius 2 is 1.76 bits per heavy atom. The Morgan fingerprint density at radius 1 is 1.00 bits per heavy atom. The number of rotatable bonds is 7. The third kappa shape index (κ3) is 4.45. The van der Waals surface area contributed by atoms with Gasteiger partial charge in [0.15, 0.2) is 17.3 Å². The molecule has 5 rings (SSSR count). The Morgan fingerprint density at radius 3 is 2.47 bits per heavy atom. The van der Waals surface area contributed by atoms with Gasteiger partial charge in [-0.2, -0.15) is 0 Å². The van der Waals surface area contributed by atoms with E-state index in [9.17, 15) is 9.59 Å². The lowest BCUT2D eigenvalue weighted by Crippen LogP contribution is -2.29. The standard InChI is InChI=1S/C31H28ClNO5/c1-5-37-24-15-20(14-23(32)30(24)38-16-19-10-8-9-17(2)13-19)26-25(31(35)36-4)18(3)33-28-21-11-6-7-12-22(21)29(34)27(26)28/h6-15,26,33H,5,16H2,1-4H3/t26-/m0/s1. The molecule has 3 aromatic rings. The predicted octanol–water partition coefficient (Wildman–Crippen LogP) is 6.37. The molecule has 194 valence electrons. The normalized spacial score (nSPS) is 16.1. The van der Waals surface area contributed by atoms with E-state index in [2.05, 4.69) is 5.32 Å². The van der Waals surface area contributed by atoms with E-state index in [1.54, 1.807) is 25.1 Å². The third-order valence-corrected chi connectivity index (χ3v) is 7.07. The lowest BCUT2D eigenvalue weighted by Gasteiger charge is -2.29. The van der Waals surface area contributed by atoms with E-state index in [-0.39, 0.29) is 5.78 Å². The van der Waals surface area contributed by atoms with Gasteiger partial charge in [0.1, 0.15) is 6.61 Å². The number of Topliss-reactive ketones (excluding diaryl/α,β-unsaturated/α-hetero) is 1. The molecule has 0 aromatic heterocycles. The van der Waals surface area contributed by atoms with Crippen LogP contribution in [0, 0.1) is 6.92 Å². The average molecular weight is 530 g/mol. The molecule has 0 bridgehead atoms. The molecule has 7 heteroatoms. The highest BCUT2D eigenvalue weighted by atomic mass is 35.5. The summed E-state index contributed by atoms with van der Waals surface area (Å²) in [4.78, 5) is 26.7. The number of esters is 1. The minimum absolute atomic E-state index is 0.143. The van der Waals surface area contributed by atoms with Crippen molar-refractivity contribution in [3.63, 3.8) is 0 Å². The van der Waals surface area contributed by atoms with Gasteiger partial charge in [-0.25, -0.2) is 4.79 Å². The zero-order valence-electron chi connectivity index (χ0n) is 21.7. The maximum Gasteiger partial charge on any atom is 0.336 e. The fourth-order valence-electron chi connectivity index (χ4n) is 5.16. The molecule has 38 heavy (non-hydrogen) atoms. The minimum atomic E-state index is -0.707. The van der Waals surface area contributed by atoms with Crippen LogP contribution in [0.5, 0.6) is 11.5 Å². The molecule has 0 unspecified atom stereocenters. The first-order valence-electron chi connectivity index (χ1n) is 12.4. The van der Waals surface area contributed by atoms with E-state index in [0.717, 1.165) is 16.7 Å². The van der Waals surface area contributed by atoms with Gasteiger partial charge in [-0.15, -0.1) is 0 Å². The molecule has 3 aromatic carbocycles. The molecule has 2 aliphatic rings. The maximum absolute atomic E-state index is 13.7. The van der Waals surface area contributed by atoms with Gasteiger partial charge in [-0.3, -0.25) is 4.79 Å². The quantitative estimate of drug-likeness (QED) is 0.359. The average Bonchev–Trinajstić information content (AvgIpc) is 3.18. The van der Waals surface area contributed by atoms with Crippen molar-refractivity contribution in [1.82, 2.24) is 5.32 Å². The van der Waals surface area contributed by atoms with Crippen molar-refractivity contribution in [1.29, 1.82) is 0 Å². The number of ketones is 1. The Bertz CT molecular complexity index is 1520. The highest BCUT2D eigenvalue weighted by Crippen LogP contribution is 2.49. The van der Waals surface area contributed by atoms with E-state index < -0.39 is 11.9 Å². The van der Waals surface area contributed by atoms with Crippen LogP contribution in [-0.2, 0) is 16.1 Å². The molecular weight excluding hydrogens is 502 g/mol. The number of aryl methyl sites for hydroxylation is 1. The number of carbonyl (C=O) groups is 2. The largest absolute Gasteiger partial charge is 0.490 e. The molecular formula is C31H28ClNO5. The summed E-state index contributed by atoms with van der Waals surface area (Å²) in [5.41, 5.74) is 6.28. The van der Waals surface area contributed by atoms with Gasteiger partial charge < -0.3 is 19.5 Å². The van der Waals surface area contributed by atoms with Crippen LogP contribution in [0.25, 0.3) is 5.70 Å². The molecule has 6 nitrogen and oxygen atoms in total. The summed E-state index contributed by atoms with van der Waals surface area (Å²) in [6.07, 6.45) is 0. The molecule has 0 spiro atoms. The summed E-state index contributed by atoms with van der Waals surface area (Å²) in [7, 11) is 1.33. The summed E-state index contributed by atoms with van der Waals surface area (Å²) in [6, 6.07) is 19.0. The smallest absolute Gasteiger partial charge is 0.336 e. The van der Waals surface area contributed by atoms with E-state index in [0.29, 0.717) is 63.4 Å². The van der Waals surface area contributed by atoms with Crippen molar-refractivity contribution >= 4 is 29.1 Å². The van der Waals surface area contributed by atoms with Crippen LogP contribution in [0.2, 0.25) is 5.02 Å². The molecule has 0 saturated carbocycles. The molecule has 1 aliphatic heterocycles. The van der Waals surface area contributed by atoms with Crippen LogP contribution in [0.3, 0.4) is 0 Å².